The van der Waals surface area contributed by atoms with Gasteiger partial charge in [-0.1, -0.05) is 6.07 Å². The number of benzene rings is 1. The summed E-state index contributed by atoms with van der Waals surface area (Å²) in [6.07, 6.45) is 3.79. The molecule has 0 amide bonds. The molecule has 0 saturated heterocycles. The zero-order valence-corrected chi connectivity index (χ0v) is 12.9. The molecular weight excluding hydrogens is 288 g/mol. The molecule has 2 N–H and O–H groups in total. The number of nitrogens with zero attached hydrogens (tertiary/aromatic N) is 3. The van der Waals surface area contributed by atoms with Gasteiger partial charge in [0.05, 0.1) is 12.0 Å². The van der Waals surface area contributed by atoms with Gasteiger partial charge in [-0.25, -0.2) is 4.98 Å². The van der Waals surface area contributed by atoms with Crippen LogP contribution in [0.2, 0.25) is 0 Å². The summed E-state index contributed by atoms with van der Waals surface area (Å²) in [6.45, 7) is 4.98. The summed E-state index contributed by atoms with van der Waals surface area (Å²) >= 11 is 0. The smallest absolute Gasteiger partial charge is 0.283 e. The maximum atomic E-state index is 12.7. The number of fused-ring (bicyclic) bond motifs is 1. The fraction of sp³-hybridized carbons (Fsp3) is 0.357. The van der Waals surface area contributed by atoms with Crippen molar-refractivity contribution in [3.8, 4) is 0 Å². The van der Waals surface area contributed by atoms with E-state index in [2.05, 4.69) is 4.98 Å². The summed E-state index contributed by atoms with van der Waals surface area (Å²) < 4.78 is 28.6. The van der Waals surface area contributed by atoms with Crippen LogP contribution >= 0.6 is 0 Å². The van der Waals surface area contributed by atoms with E-state index in [-0.39, 0.29) is 5.03 Å². The van der Waals surface area contributed by atoms with Gasteiger partial charge in [0.15, 0.2) is 5.03 Å². The van der Waals surface area contributed by atoms with Crippen LogP contribution in [-0.2, 0) is 23.0 Å². The van der Waals surface area contributed by atoms with Crippen molar-refractivity contribution in [3.63, 3.8) is 0 Å². The molecule has 2 aromatic rings. The Morgan fingerprint density at radius 3 is 2.81 bits per heavy atom. The lowest BCUT2D eigenvalue weighted by atomic mass is 10.1. The summed E-state index contributed by atoms with van der Waals surface area (Å²) in [4.78, 5) is 4.02. The van der Waals surface area contributed by atoms with Crippen LogP contribution in [0.25, 0.3) is 0 Å². The molecule has 0 unspecified atom stereocenters. The Balaban J connectivity index is 2.05. The first-order valence-electron chi connectivity index (χ1n) is 6.87. The third-order valence-electron chi connectivity index (χ3n) is 3.85. The molecule has 0 atom stereocenters. The van der Waals surface area contributed by atoms with E-state index in [4.69, 9.17) is 5.73 Å². The quantitative estimate of drug-likeness (QED) is 0.872. The number of nitrogens with two attached hydrogens (primary N) is 1. The number of rotatable bonds is 3. The van der Waals surface area contributed by atoms with Crippen molar-refractivity contribution in [2.75, 3.05) is 16.6 Å². The first kappa shape index (κ1) is 13.9. The van der Waals surface area contributed by atoms with Gasteiger partial charge in [0.2, 0.25) is 0 Å². The van der Waals surface area contributed by atoms with E-state index in [0.29, 0.717) is 30.9 Å². The number of nitrogen functional groups attached to an aromatic ring is 1. The Morgan fingerprint density at radius 2 is 2.14 bits per heavy atom. The number of imidazole rings is 1. The molecule has 2 heterocycles. The minimum Gasteiger partial charge on any atom is -0.398 e. The van der Waals surface area contributed by atoms with Gasteiger partial charge in [0.25, 0.3) is 10.0 Å². The van der Waals surface area contributed by atoms with Crippen LogP contribution < -0.4 is 10.0 Å². The Bertz CT molecular complexity index is 795. The van der Waals surface area contributed by atoms with Crippen molar-refractivity contribution in [1.29, 1.82) is 0 Å². The minimum absolute atomic E-state index is 0.0800. The maximum Gasteiger partial charge on any atom is 0.283 e. The van der Waals surface area contributed by atoms with Gasteiger partial charge >= 0.3 is 0 Å². The summed E-state index contributed by atoms with van der Waals surface area (Å²) in [7, 11) is -3.63. The Kier molecular flexibility index (Phi) is 3.16. The molecule has 112 valence electrons. The van der Waals surface area contributed by atoms with E-state index in [1.54, 1.807) is 16.8 Å². The van der Waals surface area contributed by atoms with Crippen molar-refractivity contribution in [2.45, 2.75) is 31.8 Å². The first-order chi connectivity index (χ1) is 9.93. The predicted molar refractivity (Wildman–Crippen MR) is 81.7 cm³/mol. The molecule has 1 aliphatic heterocycles. The van der Waals surface area contributed by atoms with Crippen molar-refractivity contribution < 1.29 is 8.42 Å². The van der Waals surface area contributed by atoms with Gasteiger partial charge < -0.3 is 10.3 Å². The van der Waals surface area contributed by atoms with Crippen LogP contribution in [0.4, 0.5) is 11.4 Å². The second-order valence-corrected chi connectivity index (χ2v) is 7.02. The predicted octanol–water partition coefficient (Wildman–Crippen LogP) is 1.55. The molecule has 0 spiro atoms. The molecule has 6 nitrogen and oxygen atoms in total. The molecule has 0 saturated carbocycles. The normalized spacial score (nSPS) is 14.5. The van der Waals surface area contributed by atoms with Crippen LogP contribution in [0.1, 0.15) is 18.1 Å². The summed E-state index contributed by atoms with van der Waals surface area (Å²) in [5.74, 6) is 0. The van der Waals surface area contributed by atoms with Crippen molar-refractivity contribution in [3.05, 3.63) is 35.8 Å². The highest BCUT2D eigenvalue weighted by Gasteiger charge is 2.32. The fourth-order valence-corrected chi connectivity index (χ4v) is 3.99. The Labute approximate surface area is 124 Å². The molecule has 0 fully saturated rings. The molecule has 1 aliphatic rings. The minimum atomic E-state index is -3.63. The average Bonchev–Trinajstić information content (AvgIpc) is 3.06. The number of hydrogen-bond acceptors (Lipinski definition) is 4. The number of sulfonamides is 1. The third-order valence-corrected chi connectivity index (χ3v) is 5.55. The molecule has 0 aliphatic carbocycles. The van der Waals surface area contributed by atoms with E-state index < -0.39 is 10.0 Å². The van der Waals surface area contributed by atoms with Gasteiger partial charge in [-0.15, -0.1) is 0 Å². The molecule has 1 aromatic heterocycles. The largest absolute Gasteiger partial charge is 0.398 e. The molecule has 21 heavy (non-hydrogen) atoms. The summed E-state index contributed by atoms with van der Waals surface area (Å²) in [5, 5.41) is 0.0800. The summed E-state index contributed by atoms with van der Waals surface area (Å²) in [6, 6.07) is 3.71. The number of aromatic nitrogens is 2. The fourth-order valence-electron chi connectivity index (χ4n) is 2.56. The lowest BCUT2D eigenvalue weighted by Gasteiger charge is -2.18. The van der Waals surface area contributed by atoms with Gasteiger partial charge in [-0.2, -0.15) is 8.42 Å². The second-order valence-electron chi connectivity index (χ2n) is 5.21. The van der Waals surface area contributed by atoms with Crippen molar-refractivity contribution in [1.82, 2.24) is 9.55 Å². The van der Waals surface area contributed by atoms with Crippen LogP contribution in [0.5, 0.6) is 0 Å². The van der Waals surface area contributed by atoms with Crippen LogP contribution in [0.3, 0.4) is 0 Å². The van der Waals surface area contributed by atoms with Crippen molar-refractivity contribution >= 4 is 21.4 Å². The Hall–Kier alpha value is -2.02. The molecule has 3 rings (SSSR count). The number of hydrogen-bond donors (Lipinski definition) is 1. The van der Waals surface area contributed by atoms with E-state index in [0.717, 1.165) is 11.1 Å². The highest BCUT2D eigenvalue weighted by molar-refractivity contribution is 7.92. The topological polar surface area (TPSA) is 81.2 Å². The van der Waals surface area contributed by atoms with E-state index >= 15 is 0 Å². The molecule has 0 radical (unpaired) electrons. The van der Waals surface area contributed by atoms with E-state index in [1.165, 1.54) is 10.6 Å². The molecule has 7 heteroatoms. The number of anilines is 2. The van der Waals surface area contributed by atoms with Gasteiger partial charge in [-0.05, 0) is 37.5 Å². The average molecular weight is 306 g/mol. The van der Waals surface area contributed by atoms with Gasteiger partial charge in [0, 0.05) is 25.0 Å². The van der Waals surface area contributed by atoms with Gasteiger partial charge in [-0.3, -0.25) is 4.31 Å². The van der Waals surface area contributed by atoms with Crippen LogP contribution in [0.15, 0.2) is 29.7 Å². The number of aryl methyl sites for hydroxylation is 2. The highest BCUT2D eigenvalue weighted by atomic mass is 32.2. The lowest BCUT2D eigenvalue weighted by Crippen LogP contribution is -2.29. The van der Waals surface area contributed by atoms with Crippen LogP contribution in [0, 0.1) is 6.92 Å². The van der Waals surface area contributed by atoms with Gasteiger partial charge in [0.1, 0.15) is 0 Å². The van der Waals surface area contributed by atoms with E-state index in [1.807, 2.05) is 19.9 Å². The Morgan fingerprint density at radius 1 is 1.38 bits per heavy atom. The SMILES string of the molecule is CCn1cnc(S(=O)(=O)N2CCc3cc(C)c(N)cc32)c1. The molecule has 1 aromatic carbocycles. The van der Waals surface area contributed by atoms with E-state index in [9.17, 15) is 8.42 Å². The second kappa shape index (κ2) is 4.77. The zero-order chi connectivity index (χ0) is 15.2. The molecule has 0 bridgehead atoms. The monoisotopic (exact) mass is 306 g/mol. The van der Waals surface area contributed by atoms with Crippen molar-refractivity contribution in [2.24, 2.45) is 0 Å². The maximum absolute atomic E-state index is 12.7. The lowest BCUT2D eigenvalue weighted by molar-refractivity contribution is 0.589. The standard InChI is InChI=1S/C14H18N4O2S/c1-3-17-8-14(16-9-17)21(19,20)18-5-4-11-6-10(2)12(15)7-13(11)18/h6-9H,3-5,15H2,1-2H3. The highest BCUT2D eigenvalue weighted by Crippen LogP contribution is 2.35. The zero-order valence-electron chi connectivity index (χ0n) is 12.1. The van der Waals surface area contributed by atoms with Crippen LogP contribution in [-0.4, -0.2) is 24.5 Å². The molecular formula is C14H18N4O2S. The summed E-state index contributed by atoms with van der Waals surface area (Å²) in [5.41, 5.74) is 9.19. The third kappa shape index (κ3) is 2.17. The first-order valence-corrected chi connectivity index (χ1v) is 8.31.